The molecule has 0 atom stereocenters. The number of nitrogens with zero attached hydrogens (tertiary/aromatic N) is 2. The van der Waals surface area contributed by atoms with E-state index in [0.717, 1.165) is 5.69 Å². The number of thiocarbonyl (C=S) groups is 1. The van der Waals surface area contributed by atoms with Gasteiger partial charge in [0.15, 0.2) is 0 Å². The highest BCUT2D eigenvalue weighted by Crippen LogP contribution is 2.00. The number of aliphatic imine (C=N–C) groups is 1. The molecule has 0 spiro atoms. The molecule has 0 bridgehead atoms. The number of hydrogen-bond acceptors (Lipinski definition) is 3. The number of aryl methyl sites for hydroxylation is 1. The molecule has 0 fully saturated rings. The van der Waals surface area contributed by atoms with E-state index in [4.69, 9.17) is 0 Å². The average molecular weight is 178 g/mol. The lowest BCUT2D eigenvalue weighted by atomic mass is 10.2. The van der Waals surface area contributed by atoms with Crippen molar-refractivity contribution >= 4 is 23.3 Å². The van der Waals surface area contributed by atoms with Crippen LogP contribution >= 0.6 is 12.2 Å². The average Bonchev–Trinajstić information content (AvgIpc) is 2.06. The number of hydrogen-bond donors (Lipinski definition) is 0. The maximum atomic E-state index is 11.0. The lowest BCUT2D eigenvalue weighted by Crippen LogP contribution is -1.95. The first-order chi connectivity index (χ1) is 5.74. The van der Waals surface area contributed by atoms with Gasteiger partial charge in [0.1, 0.15) is 0 Å². The molecule has 60 valence electrons. The molecule has 1 rings (SSSR count). The van der Waals surface area contributed by atoms with Crippen molar-refractivity contribution in [1.29, 1.82) is 0 Å². The SMILES string of the molecule is Cc1ccc(C(=O)N=C=S)cn1. The first-order valence-electron chi connectivity index (χ1n) is 3.29. The Labute approximate surface area is 75.2 Å². The van der Waals surface area contributed by atoms with Crippen LogP contribution in [0.3, 0.4) is 0 Å². The third-order valence-corrected chi connectivity index (χ3v) is 1.40. The molecule has 12 heavy (non-hydrogen) atoms. The van der Waals surface area contributed by atoms with Crippen LogP contribution in [0.5, 0.6) is 0 Å². The van der Waals surface area contributed by atoms with Gasteiger partial charge in [-0.25, -0.2) is 0 Å². The lowest BCUT2D eigenvalue weighted by molar-refractivity contribution is 0.100. The highest BCUT2D eigenvalue weighted by atomic mass is 32.1. The summed E-state index contributed by atoms with van der Waals surface area (Å²) in [5.74, 6) is -0.405. The molecule has 4 heteroatoms. The van der Waals surface area contributed by atoms with Gasteiger partial charge in [-0.05, 0) is 31.3 Å². The third kappa shape index (κ3) is 2.05. The minimum atomic E-state index is -0.405. The van der Waals surface area contributed by atoms with Gasteiger partial charge in [0.25, 0.3) is 5.91 Å². The van der Waals surface area contributed by atoms with Crippen molar-refractivity contribution in [1.82, 2.24) is 4.98 Å². The molecule has 3 nitrogen and oxygen atoms in total. The first-order valence-corrected chi connectivity index (χ1v) is 3.69. The number of carbonyl (C=O) groups is 1. The van der Waals surface area contributed by atoms with E-state index < -0.39 is 5.91 Å². The Morgan fingerprint density at radius 1 is 1.67 bits per heavy atom. The van der Waals surface area contributed by atoms with Crippen molar-refractivity contribution in [3.8, 4) is 0 Å². The van der Waals surface area contributed by atoms with E-state index >= 15 is 0 Å². The van der Waals surface area contributed by atoms with Crippen molar-refractivity contribution in [2.75, 3.05) is 0 Å². The molecule has 0 N–H and O–H groups in total. The molecule has 1 aromatic heterocycles. The highest BCUT2D eigenvalue weighted by Gasteiger charge is 2.01. The zero-order chi connectivity index (χ0) is 8.97. The van der Waals surface area contributed by atoms with Gasteiger partial charge in [-0.3, -0.25) is 9.78 Å². The topological polar surface area (TPSA) is 42.3 Å². The van der Waals surface area contributed by atoms with E-state index in [1.165, 1.54) is 6.20 Å². The number of carbonyl (C=O) groups excluding carboxylic acids is 1. The Kier molecular flexibility index (Phi) is 2.80. The zero-order valence-electron chi connectivity index (χ0n) is 6.44. The van der Waals surface area contributed by atoms with E-state index in [1.54, 1.807) is 12.1 Å². The number of isothiocyanates is 1. The van der Waals surface area contributed by atoms with E-state index in [2.05, 4.69) is 22.2 Å². The maximum absolute atomic E-state index is 11.0. The van der Waals surface area contributed by atoms with Crippen LogP contribution in [0, 0.1) is 6.92 Å². The van der Waals surface area contributed by atoms with Crippen molar-refractivity contribution in [2.24, 2.45) is 4.99 Å². The minimum Gasteiger partial charge on any atom is -0.266 e. The summed E-state index contributed by atoms with van der Waals surface area (Å²) in [6.07, 6.45) is 1.47. The van der Waals surface area contributed by atoms with E-state index in [0.29, 0.717) is 5.56 Å². The molecule has 0 radical (unpaired) electrons. The predicted molar refractivity (Wildman–Crippen MR) is 48.3 cm³/mol. The number of aromatic nitrogens is 1. The van der Waals surface area contributed by atoms with Crippen LogP contribution in [0.1, 0.15) is 16.1 Å². The summed E-state index contributed by atoms with van der Waals surface area (Å²) < 4.78 is 0. The van der Waals surface area contributed by atoms with Crippen LogP contribution in [0.2, 0.25) is 0 Å². The fourth-order valence-corrected chi connectivity index (χ4v) is 0.783. The van der Waals surface area contributed by atoms with Crippen LogP contribution in [0.25, 0.3) is 0 Å². The molecule has 0 aliphatic heterocycles. The lowest BCUT2D eigenvalue weighted by Gasteiger charge is -1.92. The summed E-state index contributed by atoms with van der Waals surface area (Å²) in [5, 5.41) is 2.01. The molecule has 0 unspecified atom stereocenters. The van der Waals surface area contributed by atoms with Gasteiger partial charge in [-0.15, -0.1) is 0 Å². The fraction of sp³-hybridized carbons (Fsp3) is 0.125. The molecule has 0 aliphatic rings. The molecule has 0 saturated carbocycles. The molecule has 1 aromatic rings. The van der Waals surface area contributed by atoms with Gasteiger partial charge in [-0.2, -0.15) is 4.99 Å². The summed E-state index contributed by atoms with van der Waals surface area (Å²) in [7, 11) is 0. The molecular formula is C8H6N2OS. The molecule has 0 aliphatic carbocycles. The molecule has 1 heterocycles. The summed E-state index contributed by atoms with van der Waals surface area (Å²) >= 11 is 4.30. The van der Waals surface area contributed by atoms with Gasteiger partial charge >= 0.3 is 0 Å². The van der Waals surface area contributed by atoms with Crippen molar-refractivity contribution in [3.05, 3.63) is 29.6 Å². The van der Waals surface area contributed by atoms with Crippen LogP contribution < -0.4 is 0 Å². The van der Waals surface area contributed by atoms with Crippen molar-refractivity contribution in [2.45, 2.75) is 6.92 Å². The summed E-state index contributed by atoms with van der Waals surface area (Å²) in [6.45, 7) is 1.84. The molecule has 0 saturated heterocycles. The quantitative estimate of drug-likeness (QED) is 0.485. The van der Waals surface area contributed by atoms with Crippen LogP contribution in [-0.4, -0.2) is 16.1 Å². The van der Waals surface area contributed by atoms with Gasteiger partial charge < -0.3 is 0 Å². The van der Waals surface area contributed by atoms with Gasteiger partial charge in [0, 0.05) is 11.9 Å². The molecule has 0 aromatic carbocycles. The Hall–Kier alpha value is -1.38. The smallest absolute Gasteiger partial charge is 0.266 e. The van der Waals surface area contributed by atoms with Crippen molar-refractivity contribution < 1.29 is 4.79 Å². The van der Waals surface area contributed by atoms with Crippen LogP contribution in [0.15, 0.2) is 23.3 Å². The second-order valence-corrected chi connectivity index (χ2v) is 2.38. The number of pyridine rings is 1. The Morgan fingerprint density at radius 2 is 2.42 bits per heavy atom. The van der Waals surface area contributed by atoms with E-state index in [9.17, 15) is 4.79 Å². The van der Waals surface area contributed by atoms with Gasteiger partial charge in [0.05, 0.1) is 10.7 Å². The fourth-order valence-electron chi connectivity index (χ4n) is 0.700. The predicted octanol–water partition coefficient (Wildman–Crippen LogP) is 1.63. The van der Waals surface area contributed by atoms with Crippen LogP contribution in [-0.2, 0) is 0 Å². The van der Waals surface area contributed by atoms with Gasteiger partial charge in [-0.1, -0.05) is 0 Å². The Balaban J connectivity index is 2.97. The standard InChI is InChI=1S/C8H6N2OS/c1-6-2-3-7(4-9-6)8(11)10-5-12/h2-4H,1H3. The molecule has 1 amide bonds. The van der Waals surface area contributed by atoms with E-state index in [1.807, 2.05) is 12.1 Å². The largest absolute Gasteiger partial charge is 0.287 e. The maximum Gasteiger partial charge on any atom is 0.287 e. The third-order valence-electron chi connectivity index (χ3n) is 1.31. The normalized spacial score (nSPS) is 8.75. The summed E-state index contributed by atoms with van der Waals surface area (Å²) in [6, 6.07) is 3.40. The van der Waals surface area contributed by atoms with Crippen LogP contribution in [0.4, 0.5) is 0 Å². The Bertz CT molecular complexity index is 339. The second-order valence-electron chi connectivity index (χ2n) is 2.20. The zero-order valence-corrected chi connectivity index (χ0v) is 7.26. The van der Waals surface area contributed by atoms with Crippen molar-refractivity contribution in [3.63, 3.8) is 0 Å². The monoisotopic (exact) mass is 178 g/mol. The summed E-state index contributed by atoms with van der Waals surface area (Å²) in [5.41, 5.74) is 1.29. The molecular weight excluding hydrogens is 172 g/mol. The van der Waals surface area contributed by atoms with Gasteiger partial charge in [0.2, 0.25) is 0 Å². The van der Waals surface area contributed by atoms with E-state index in [-0.39, 0.29) is 0 Å². The highest BCUT2D eigenvalue weighted by molar-refractivity contribution is 7.78. The Morgan fingerprint density at radius 3 is 2.92 bits per heavy atom. The minimum absolute atomic E-state index is 0.405. The number of amides is 1. The first kappa shape index (κ1) is 8.71. The second kappa shape index (κ2) is 3.85. The summed E-state index contributed by atoms with van der Waals surface area (Å²) in [4.78, 5) is 18.3. The number of rotatable bonds is 1.